The summed E-state index contributed by atoms with van der Waals surface area (Å²) in [5, 5.41) is 2.94. The number of benzene rings is 1. The number of rotatable bonds is 5. The number of carbonyl (C=O) groups excluding carboxylic acids is 1. The van der Waals surface area contributed by atoms with Crippen LogP contribution in [0, 0.1) is 11.7 Å². The van der Waals surface area contributed by atoms with Crippen LogP contribution in [0.2, 0.25) is 0 Å². The molecule has 2 aliphatic rings. The topological polar surface area (TPSA) is 112 Å². The van der Waals surface area contributed by atoms with Gasteiger partial charge in [-0.3, -0.25) is 4.79 Å². The van der Waals surface area contributed by atoms with E-state index in [1.807, 2.05) is 0 Å². The predicted octanol–water partition coefficient (Wildman–Crippen LogP) is 2.37. The minimum absolute atomic E-state index is 0.0523. The van der Waals surface area contributed by atoms with Crippen molar-refractivity contribution < 1.29 is 27.4 Å². The van der Waals surface area contributed by atoms with E-state index in [-0.39, 0.29) is 23.8 Å². The summed E-state index contributed by atoms with van der Waals surface area (Å²) >= 11 is 1.39. The number of amides is 1. The molecule has 3 heterocycles. The van der Waals surface area contributed by atoms with E-state index in [0.717, 1.165) is 12.4 Å². The lowest BCUT2D eigenvalue weighted by Gasteiger charge is -2.34. The number of nitrogens with one attached hydrogen (secondary N) is 1. The van der Waals surface area contributed by atoms with Crippen LogP contribution < -0.4 is 15.8 Å². The molecule has 2 aliphatic heterocycles. The molecule has 1 saturated heterocycles. The van der Waals surface area contributed by atoms with Crippen molar-refractivity contribution in [1.29, 1.82) is 0 Å². The highest BCUT2D eigenvalue weighted by Gasteiger charge is 2.49. The average Bonchev–Trinajstić information content (AvgIpc) is 3.13. The highest BCUT2D eigenvalue weighted by molar-refractivity contribution is 8.13. The van der Waals surface area contributed by atoms with Gasteiger partial charge in [0.15, 0.2) is 5.17 Å². The minimum atomic E-state index is -3.05. The Hall–Kier alpha value is -2.86. The van der Waals surface area contributed by atoms with E-state index in [0.29, 0.717) is 23.2 Å². The fourth-order valence-corrected chi connectivity index (χ4v) is 4.38. The smallest absolute Gasteiger partial charge is 0.388 e. The summed E-state index contributed by atoms with van der Waals surface area (Å²) in [6.45, 7) is -2.43. The summed E-state index contributed by atoms with van der Waals surface area (Å²) < 4.78 is 48.8. The lowest BCUT2D eigenvalue weighted by atomic mass is 9.81. The van der Waals surface area contributed by atoms with E-state index in [4.69, 9.17) is 10.5 Å². The molecule has 0 spiro atoms. The van der Waals surface area contributed by atoms with E-state index in [9.17, 15) is 18.0 Å². The van der Waals surface area contributed by atoms with Crippen LogP contribution >= 0.6 is 11.8 Å². The number of nitrogens with two attached hydrogens (primary N) is 1. The first-order valence-corrected chi connectivity index (χ1v) is 9.80. The Balaban J connectivity index is 1.58. The number of hydrogen-bond acceptors (Lipinski definition) is 8. The lowest BCUT2D eigenvalue weighted by Crippen LogP contribution is -2.40. The van der Waals surface area contributed by atoms with Crippen molar-refractivity contribution >= 4 is 28.5 Å². The summed E-state index contributed by atoms with van der Waals surface area (Å²) in [5.41, 5.74) is 5.40. The van der Waals surface area contributed by atoms with E-state index in [1.54, 1.807) is 0 Å². The molecule has 12 heteroatoms. The van der Waals surface area contributed by atoms with Crippen molar-refractivity contribution in [2.75, 3.05) is 24.3 Å². The largest absolute Gasteiger partial charge is 0.415 e. The van der Waals surface area contributed by atoms with Crippen LogP contribution in [-0.2, 0) is 10.3 Å². The molecular formula is C18H16F3N5O3S. The zero-order chi connectivity index (χ0) is 21.3. The minimum Gasteiger partial charge on any atom is -0.415 e. The zero-order valence-electron chi connectivity index (χ0n) is 15.3. The van der Waals surface area contributed by atoms with Crippen LogP contribution in [0.1, 0.15) is 16.1 Å². The Bertz CT molecular complexity index is 992. The number of aromatic nitrogens is 2. The number of nitrogens with zero attached hydrogens (tertiary/aromatic N) is 3. The van der Waals surface area contributed by atoms with Gasteiger partial charge in [0.1, 0.15) is 17.1 Å². The molecule has 0 bridgehead atoms. The molecule has 0 unspecified atom stereocenters. The Morgan fingerprint density at radius 1 is 1.37 bits per heavy atom. The van der Waals surface area contributed by atoms with E-state index in [1.165, 1.54) is 30.0 Å². The van der Waals surface area contributed by atoms with Crippen molar-refractivity contribution in [2.24, 2.45) is 16.6 Å². The summed E-state index contributed by atoms with van der Waals surface area (Å²) in [5.74, 6) is -0.956. The van der Waals surface area contributed by atoms with Crippen LogP contribution in [0.5, 0.6) is 5.88 Å². The molecule has 1 fully saturated rings. The molecule has 0 aliphatic carbocycles. The standard InChI is InChI=1S/C18H16F3N5O3S/c19-12-2-1-10(25-15(27)13-4-24-14(5-23-13)29-16(20)21)3-11(12)18-8-28-6-9(18)7-30-17(22)26-18/h1-5,9,16H,6-8H2,(H2,22,26)(H,25,27)/t9-,18+/m0/s1. The molecule has 1 amide bonds. The van der Waals surface area contributed by atoms with Crippen LogP contribution in [-0.4, -0.2) is 46.6 Å². The molecule has 8 nitrogen and oxygen atoms in total. The monoisotopic (exact) mass is 439 g/mol. The van der Waals surface area contributed by atoms with Gasteiger partial charge in [-0.1, -0.05) is 11.8 Å². The number of ether oxygens (including phenoxy) is 2. The van der Waals surface area contributed by atoms with Crippen LogP contribution in [0.4, 0.5) is 18.9 Å². The van der Waals surface area contributed by atoms with Crippen molar-refractivity contribution in [2.45, 2.75) is 12.2 Å². The summed E-state index contributed by atoms with van der Waals surface area (Å²) in [6.07, 6.45) is 1.91. The summed E-state index contributed by atoms with van der Waals surface area (Å²) in [6, 6.07) is 4.11. The van der Waals surface area contributed by atoms with Gasteiger partial charge in [-0.25, -0.2) is 19.4 Å². The molecule has 30 heavy (non-hydrogen) atoms. The van der Waals surface area contributed by atoms with Crippen LogP contribution in [0.25, 0.3) is 0 Å². The average molecular weight is 439 g/mol. The molecule has 1 aromatic carbocycles. The van der Waals surface area contributed by atoms with Crippen molar-refractivity contribution in [1.82, 2.24) is 9.97 Å². The fourth-order valence-electron chi connectivity index (χ4n) is 3.41. The number of aliphatic imine (C=N–C) groups is 1. The third kappa shape index (κ3) is 3.92. The Morgan fingerprint density at radius 3 is 2.93 bits per heavy atom. The van der Waals surface area contributed by atoms with E-state index >= 15 is 0 Å². The molecule has 1 aromatic heterocycles. The maximum absolute atomic E-state index is 14.7. The van der Waals surface area contributed by atoms with Gasteiger partial charge in [-0.15, -0.1) is 0 Å². The number of alkyl halides is 2. The van der Waals surface area contributed by atoms with Gasteiger partial charge in [0.25, 0.3) is 5.91 Å². The van der Waals surface area contributed by atoms with Gasteiger partial charge >= 0.3 is 6.61 Å². The summed E-state index contributed by atoms with van der Waals surface area (Å²) in [4.78, 5) is 24.3. The van der Waals surface area contributed by atoms with Crippen molar-refractivity contribution in [3.63, 3.8) is 0 Å². The van der Waals surface area contributed by atoms with Crippen LogP contribution in [0.3, 0.4) is 0 Å². The van der Waals surface area contributed by atoms with Gasteiger partial charge in [0, 0.05) is 22.9 Å². The van der Waals surface area contributed by atoms with Gasteiger partial charge in [-0.2, -0.15) is 8.78 Å². The first-order valence-electron chi connectivity index (χ1n) is 8.81. The molecule has 2 aromatic rings. The first kappa shape index (κ1) is 20.4. The fraction of sp³-hybridized carbons (Fsp3) is 0.333. The Labute approximate surface area is 173 Å². The maximum Gasteiger partial charge on any atom is 0.388 e. The number of carbonyl (C=O) groups is 1. The molecule has 158 valence electrons. The number of fused-ring (bicyclic) bond motifs is 1. The molecule has 0 saturated carbocycles. The zero-order valence-corrected chi connectivity index (χ0v) is 16.2. The summed E-state index contributed by atoms with van der Waals surface area (Å²) in [7, 11) is 0. The highest BCUT2D eigenvalue weighted by Crippen LogP contribution is 2.45. The third-order valence-corrected chi connectivity index (χ3v) is 5.78. The SMILES string of the molecule is NC1=N[C@]2(c3cc(NC(=O)c4cnc(OC(F)F)cn4)ccc3F)COC[C@H]2CS1. The van der Waals surface area contributed by atoms with Gasteiger partial charge in [0.05, 0.1) is 25.6 Å². The van der Waals surface area contributed by atoms with Gasteiger partial charge in [-0.05, 0) is 18.2 Å². The van der Waals surface area contributed by atoms with E-state index in [2.05, 4.69) is 25.0 Å². The van der Waals surface area contributed by atoms with Gasteiger partial charge in [0.2, 0.25) is 5.88 Å². The predicted molar refractivity (Wildman–Crippen MR) is 103 cm³/mol. The number of halogens is 3. The van der Waals surface area contributed by atoms with Crippen molar-refractivity contribution in [3.05, 3.63) is 47.7 Å². The Morgan fingerprint density at radius 2 is 2.20 bits per heavy atom. The Kier molecular flexibility index (Phi) is 5.52. The number of amidine groups is 1. The lowest BCUT2D eigenvalue weighted by molar-refractivity contribution is -0.0531. The second kappa shape index (κ2) is 8.11. The molecule has 0 radical (unpaired) electrons. The number of thioether (sulfide) groups is 1. The molecule has 3 N–H and O–H groups in total. The third-order valence-electron chi connectivity index (χ3n) is 4.82. The maximum atomic E-state index is 14.7. The molecular weight excluding hydrogens is 423 g/mol. The second-order valence-electron chi connectivity index (χ2n) is 6.66. The van der Waals surface area contributed by atoms with Crippen molar-refractivity contribution in [3.8, 4) is 5.88 Å². The second-order valence-corrected chi connectivity index (χ2v) is 7.70. The number of anilines is 1. The normalized spacial score (nSPS) is 23.1. The molecule has 2 atom stereocenters. The van der Waals surface area contributed by atoms with Crippen LogP contribution in [0.15, 0.2) is 35.6 Å². The first-order chi connectivity index (χ1) is 14.4. The van der Waals surface area contributed by atoms with Gasteiger partial charge < -0.3 is 20.5 Å². The highest BCUT2D eigenvalue weighted by atomic mass is 32.2. The van der Waals surface area contributed by atoms with E-state index < -0.39 is 29.8 Å². The quantitative estimate of drug-likeness (QED) is 0.736. The molecule has 4 rings (SSSR count). The number of hydrogen-bond donors (Lipinski definition) is 2.